The van der Waals surface area contributed by atoms with Crippen molar-refractivity contribution in [1.29, 1.82) is 0 Å². The molecule has 1 aromatic carbocycles. The van der Waals surface area contributed by atoms with Crippen molar-refractivity contribution in [2.75, 3.05) is 11.9 Å². The summed E-state index contributed by atoms with van der Waals surface area (Å²) in [5.74, 6) is -1.49. The van der Waals surface area contributed by atoms with Gasteiger partial charge in [-0.1, -0.05) is 30.3 Å². The van der Waals surface area contributed by atoms with Gasteiger partial charge < -0.3 is 14.8 Å². The summed E-state index contributed by atoms with van der Waals surface area (Å²) in [6, 6.07) is 8.78. The molecular weight excluding hydrogens is 366 g/mol. The molecule has 27 heavy (non-hydrogen) atoms. The Morgan fingerprint density at radius 2 is 1.93 bits per heavy atom. The first-order valence-corrected chi connectivity index (χ1v) is 9.67. The molecule has 1 aromatic heterocycles. The van der Waals surface area contributed by atoms with Gasteiger partial charge in [-0.25, -0.2) is 4.79 Å². The second-order valence-electron chi connectivity index (χ2n) is 6.17. The molecule has 142 valence electrons. The van der Waals surface area contributed by atoms with Gasteiger partial charge in [-0.2, -0.15) is 0 Å². The van der Waals surface area contributed by atoms with Crippen LogP contribution in [-0.4, -0.2) is 24.5 Å². The minimum atomic E-state index is -1.09. The number of anilines is 1. The lowest BCUT2D eigenvalue weighted by Gasteiger charge is -2.17. The van der Waals surface area contributed by atoms with Crippen molar-refractivity contribution in [2.45, 2.75) is 39.2 Å². The summed E-state index contributed by atoms with van der Waals surface area (Å²) >= 11 is 1.39. The fraction of sp³-hybridized carbons (Fsp3) is 0.350. The first kappa shape index (κ1) is 19.1. The highest BCUT2D eigenvalue weighted by atomic mass is 32.1. The van der Waals surface area contributed by atoms with E-state index in [2.05, 4.69) is 5.32 Å². The third-order valence-electron chi connectivity index (χ3n) is 4.26. The van der Waals surface area contributed by atoms with Gasteiger partial charge in [0, 0.05) is 17.4 Å². The Labute approximate surface area is 161 Å². The Morgan fingerprint density at radius 3 is 2.59 bits per heavy atom. The summed E-state index contributed by atoms with van der Waals surface area (Å²) in [6.07, 6.45) is 1.58. The third kappa shape index (κ3) is 4.19. The maximum absolute atomic E-state index is 12.9. The molecule has 1 atom stereocenters. The van der Waals surface area contributed by atoms with Crippen LogP contribution in [0.25, 0.3) is 0 Å². The number of amides is 1. The zero-order valence-electron chi connectivity index (χ0n) is 15.2. The molecule has 0 saturated heterocycles. The number of ether oxygens (including phenoxy) is 2. The minimum Gasteiger partial charge on any atom is -0.462 e. The number of carbonyl (C=O) groups excluding carboxylic acids is 3. The Balaban J connectivity index is 1.90. The van der Waals surface area contributed by atoms with Crippen molar-refractivity contribution in [3.63, 3.8) is 0 Å². The molecule has 7 heteroatoms. The number of fused-ring (bicyclic) bond motifs is 1. The lowest BCUT2D eigenvalue weighted by molar-refractivity contribution is -0.152. The first-order chi connectivity index (χ1) is 13.0. The maximum atomic E-state index is 12.9. The fourth-order valence-corrected chi connectivity index (χ4v) is 4.44. The molecule has 0 saturated carbocycles. The van der Waals surface area contributed by atoms with Crippen molar-refractivity contribution in [3.05, 3.63) is 51.9 Å². The molecule has 0 radical (unpaired) electrons. The summed E-state index contributed by atoms with van der Waals surface area (Å²) in [6.45, 7) is 3.26. The fourth-order valence-electron chi connectivity index (χ4n) is 3.16. The van der Waals surface area contributed by atoms with Gasteiger partial charge in [-0.15, -0.1) is 11.3 Å². The second kappa shape index (κ2) is 8.35. The standard InChI is InChI=1S/C20H21NO5S/c1-3-25-20(24)16-14-10-7-11-15(14)27-19(16)21-18(23)17(26-12(2)22)13-8-5-4-6-9-13/h4-6,8-9,17H,3,7,10-11H2,1-2H3,(H,21,23). The number of rotatable bonds is 6. The number of hydrogen-bond acceptors (Lipinski definition) is 6. The molecule has 0 spiro atoms. The average molecular weight is 387 g/mol. The van der Waals surface area contributed by atoms with Crippen molar-refractivity contribution < 1.29 is 23.9 Å². The molecular formula is C20H21NO5S. The molecule has 6 nitrogen and oxygen atoms in total. The number of aryl methyl sites for hydroxylation is 1. The van der Waals surface area contributed by atoms with Crippen molar-refractivity contribution in [3.8, 4) is 0 Å². The van der Waals surface area contributed by atoms with Crippen molar-refractivity contribution in [2.24, 2.45) is 0 Å². The highest BCUT2D eigenvalue weighted by molar-refractivity contribution is 7.17. The predicted molar refractivity (Wildman–Crippen MR) is 102 cm³/mol. The molecule has 0 bridgehead atoms. The summed E-state index contributed by atoms with van der Waals surface area (Å²) in [5, 5.41) is 3.24. The summed E-state index contributed by atoms with van der Waals surface area (Å²) < 4.78 is 10.4. The predicted octanol–water partition coefficient (Wildman–Crippen LogP) is 3.66. The van der Waals surface area contributed by atoms with Crippen LogP contribution in [0.1, 0.15) is 52.7 Å². The summed E-state index contributed by atoms with van der Waals surface area (Å²) in [7, 11) is 0. The number of thiophene rings is 1. The Morgan fingerprint density at radius 1 is 1.19 bits per heavy atom. The number of carbonyl (C=O) groups is 3. The van der Waals surface area contributed by atoms with E-state index in [1.54, 1.807) is 31.2 Å². The molecule has 0 aliphatic heterocycles. The van der Waals surface area contributed by atoms with E-state index in [0.717, 1.165) is 29.7 Å². The van der Waals surface area contributed by atoms with E-state index in [1.165, 1.54) is 18.3 Å². The molecule has 3 rings (SSSR count). The van der Waals surface area contributed by atoms with Crippen LogP contribution in [0.15, 0.2) is 30.3 Å². The van der Waals surface area contributed by atoms with E-state index in [9.17, 15) is 14.4 Å². The van der Waals surface area contributed by atoms with Gasteiger partial charge >= 0.3 is 11.9 Å². The monoisotopic (exact) mass is 387 g/mol. The van der Waals surface area contributed by atoms with Gasteiger partial charge in [-0.05, 0) is 31.7 Å². The SMILES string of the molecule is CCOC(=O)c1c(NC(=O)C(OC(C)=O)c2ccccc2)sc2c1CCC2. The zero-order valence-corrected chi connectivity index (χ0v) is 16.1. The molecule has 1 N–H and O–H groups in total. The van der Waals surface area contributed by atoms with E-state index in [1.807, 2.05) is 6.07 Å². The lowest BCUT2D eigenvalue weighted by Crippen LogP contribution is -2.25. The molecule has 1 heterocycles. The zero-order chi connectivity index (χ0) is 19.4. The average Bonchev–Trinajstić information content (AvgIpc) is 3.21. The van der Waals surface area contributed by atoms with Gasteiger partial charge in [0.1, 0.15) is 5.00 Å². The second-order valence-corrected chi connectivity index (χ2v) is 7.28. The van der Waals surface area contributed by atoms with Gasteiger partial charge in [0.2, 0.25) is 6.10 Å². The molecule has 1 amide bonds. The van der Waals surface area contributed by atoms with Gasteiger partial charge in [0.25, 0.3) is 5.91 Å². The van der Waals surface area contributed by atoms with E-state index in [4.69, 9.17) is 9.47 Å². The maximum Gasteiger partial charge on any atom is 0.341 e. The Hall–Kier alpha value is -2.67. The quantitative estimate of drug-likeness (QED) is 0.765. The van der Waals surface area contributed by atoms with Crippen molar-refractivity contribution >= 4 is 34.2 Å². The normalized spacial score (nSPS) is 13.6. The summed E-state index contributed by atoms with van der Waals surface area (Å²) in [5.41, 5.74) is 1.95. The van der Waals surface area contributed by atoms with E-state index in [-0.39, 0.29) is 6.61 Å². The van der Waals surface area contributed by atoms with Crippen LogP contribution in [0.4, 0.5) is 5.00 Å². The summed E-state index contributed by atoms with van der Waals surface area (Å²) in [4.78, 5) is 37.9. The molecule has 2 aromatic rings. The Bertz CT molecular complexity index is 859. The minimum absolute atomic E-state index is 0.261. The number of hydrogen-bond donors (Lipinski definition) is 1. The first-order valence-electron chi connectivity index (χ1n) is 8.86. The van der Waals surface area contributed by atoms with Gasteiger partial charge in [0.05, 0.1) is 12.2 Å². The number of nitrogens with one attached hydrogen (secondary N) is 1. The number of benzene rings is 1. The highest BCUT2D eigenvalue weighted by Gasteiger charge is 2.31. The Kier molecular flexibility index (Phi) is 5.91. The lowest BCUT2D eigenvalue weighted by atomic mass is 10.1. The topological polar surface area (TPSA) is 81.7 Å². The third-order valence-corrected chi connectivity index (χ3v) is 5.47. The smallest absolute Gasteiger partial charge is 0.341 e. The van der Waals surface area contributed by atoms with Crippen LogP contribution in [0, 0.1) is 0 Å². The van der Waals surface area contributed by atoms with Crippen LogP contribution in [-0.2, 0) is 31.9 Å². The van der Waals surface area contributed by atoms with Crippen LogP contribution >= 0.6 is 11.3 Å². The van der Waals surface area contributed by atoms with Gasteiger partial charge in [0.15, 0.2) is 0 Å². The molecule has 1 aliphatic carbocycles. The number of esters is 2. The van der Waals surface area contributed by atoms with Crippen molar-refractivity contribution in [1.82, 2.24) is 0 Å². The van der Waals surface area contributed by atoms with Crippen LogP contribution in [0.3, 0.4) is 0 Å². The van der Waals surface area contributed by atoms with E-state index < -0.39 is 23.9 Å². The van der Waals surface area contributed by atoms with Crippen LogP contribution in [0.2, 0.25) is 0 Å². The van der Waals surface area contributed by atoms with E-state index in [0.29, 0.717) is 16.1 Å². The van der Waals surface area contributed by atoms with Crippen LogP contribution < -0.4 is 5.32 Å². The van der Waals surface area contributed by atoms with Crippen LogP contribution in [0.5, 0.6) is 0 Å². The van der Waals surface area contributed by atoms with E-state index >= 15 is 0 Å². The molecule has 1 unspecified atom stereocenters. The molecule has 1 aliphatic rings. The molecule has 0 fully saturated rings. The highest BCUT2D eigenvalue weighted by Crippen LogP contribution is 2.40. The largest absolute Gasteiger partial charge is 0.462 e. The van der Waals surface area contributed by atoms with Gasteiger partial charge in [-0.3, -0.25) is 9.59 Å².